The highest BCUT2D eigenvalue weighted by Crippen LogP contribution is 2.28. The van der Waals surface area contributed by atoms with Crippen LogP contribution in [0.3, 0.4) is 0 Å². The Morgan fingerprint density at radius 1 is 1.23 bits per heavy atom. The van der Waals surface area contributed by atoms with Crippen LogP contribution < -0.4 is 5.32 Å². The maximum atomic E-state index is 10.6. The van der Waals surface area contributed by atoms with Gasteiger partial charge in [-0.2, -0.15) is 0 Å². The van der Waals surface area contributed by atoms with Crippen LogP contribution in [0.5, 0.6) is 0 Å². The van der Waals surface area contributed by atoms with Crippen molar-refractivity contribution in [3.8, 4) is 0 Å². The van der Waals surface area contributed by atoms with Crippen LogP contribution in [0, 0.1) is 13.8 Å². The number of aliphatic hydroxyl groups is 1. The molecule has 0 saturated carbocycles. The lowest BCUT2D eigenvalue weighted by atomic mass is 9.96. The van der Waals surface area contributed by atoms with E-state index in [2.05, 4.69) is 15.3 Å². The van der Waals surface area contributed by atoms with Crippen LogP contribution in [-0.2, 0) is 18.4 Å². The molecule has 1 aliphatic rings. The molecule has 2 N–H and O–H groups in total. The molecule has 2 heterocycles. The normalized spacial score (nSPS) is 16.9. The monoisotopic (exact) mass is 301 g/mol. The van der Waals surface area contributed by atoms with E-state index in [0.717, 1.165) is 35.9 Å². The molecule has 0 saturated heterocycles. The maximum Gasteiger partial charge on any atom is 0.137 e. The highest BCUT2D eigenvalue weighted by molar-refractivity contribution is 5.48. The van der Waals surface area contributed by atoms with Gasteiger partial charge in [0.15, 0.2) is 0 Å². The van der Waals surface area contributed by atoms with Crippen LogP contribution >= 0.6 is 0 Å². The van der Waals surface area contributed by atoms with Crippen LogP contribution in [0.25, 0.3) is 0 Å². The van der Waals surface area contributed by atoms with Crippen LogP contribution in [0.4, 0.5) is 5.82 Å². The van der Waals surface area contributed by atoms with Gasteiger partial charge in [0.05, 0.1) is 6.54 Å². The molecule has 0 aromatic carbocycles. The summed E-state index contributed by atoms with van der Waals surface area (Å²) in [5.74, 6) is 2.99. The number of nitrogens with one attached hydrogen (secondary N) is 1. The van der Waals surface area contributed by atoms with Gasteiger partial charge in [0.1, 0.15) is 28.8 Å². The lowest BCUT2D eigenvalue weighted by molar-refractivity contribution is 0.0467. The van der Waals surface area contributed by atoms with E-state index in [1.807, 2.05) is 26.0 Å². The summed E-state index contributed by atoms with van der Waals surface area (Å²) in [5.41, 5.74) is 1.27. The molecule has 5 nitrogen and oxygen atoms in total. The Kier molecular flexibility index (Phi) is 3.91. The zero-order valence-corrected chi connectivity index (χ0v) is 13.4. The van der Waals surface area contributed by atoms with Crippen molar-refractivity contribution < 1.29 is 9.52 Å². The van der Waals surface area contributed by atoms with Crippen molar-refractivity contribution in [2.45, 2.75) is 52.1 Å². The average molecular weight is 301 g/mol. The molecule has 1 atom stereocenters. The molecule has 2 aromatic heterocycles. The van der Waals surface area contributed by atoms with Gasteiger partial charge in [-0.3, -0.25) is 0 Å². The third kappa shape index (κ3) is 2.99. The minimum Gasteiger partial charge on any atom is -0.463 e. The summed E-state index contributed by atoms with van der Waals surface area (Å²) < 4.78 is 5.55. The van der Waals surface area contributed by atoms with Gasteiger partial charge in [0.25, 0.3) is 0 Å². The second-order valence-electron chi connectivity index (χ2n) is 6.29. The highest BCUT2D eigenvalue weighted by Gasteiger charge is 2.27. The Morgan fingerprint density at radius 3 is 2.73 bits per heavy atom. The second kappa shape index (κ2) is 5.72. The Balaban J connectivity index is 1.80. The first kappa shape index (κ1) is 15.0. The average Bonchev–Trinajstić information content (AvgIpc) is 2.92. The predicted molar refractivity (Wildman–Crippen MR) is 84.9 cm³/mol. The van der Waals surface area contributed by atoms with Crippen LogP contribution in [0.15, 0.2) is 16.5 Å². The molecule has 3 rings (SSSR count). The largest absolute Gasteiger partial charge is 0.463 e. The summed E-state index contributed by atoms with van der Waals surface area (Å²) >= 11 is 0. The summed E-state index contributed by atoms with van der Waals surface area (Å²) in [6.07, 6.45) is 4.37. The van der Waals surface area contributed by atoms with E-state index in [0.29, 0.717) is 12.3 Å². The number of hydrogen-bond donors (Lipinski definition) is 2. The number of anilines is 1. The molecule has 0 aliphatic heterocycles. The molecule has 0 bridgehead atoms. The number of aryl methyl sites for hydroxylation is 3. The van der Waals surface area contributed by atoms with Gasteiger partial charge in [-0.1, -0.05) is 0 Å². The third-order valence-electron chi connectivity index (χ3n) is 4.17. The molecule has 1 unspecified atom stereocenters. The first-order chi connectivity index (χ1) is 10.5. The molecule has 118 valence electrons. The Morgan fingerprint density at radius 2 is 2.00 bits per heavy atom. The molecule has 22 heavy (non-hydrogen) atoms. The number of nitrogens with zero attached hydrogens (tertiary/aromatic N) is 2. The molecule has 0 fully saturated rings. The molecule has 0 amide bonds. The third-order valence-corrected chi connectivity index (χ3v) is 4.17. The number of aromatic nitrogens is 2. The minimum absolute atomic E-state index is 0.350. The van der Waals surface area contributed by atoms with Gasteiger partial charge in [-0.05, 0) is 58.6 Å². The summed E-state index contributed by atoms with van der Waals surface area (Å²) in [5, 5.41) is 13.9. The first-order valence-corrected chi connectivity index (χ1v) is 7.85. The van der Waals surface area contributed by atoms with Crippen LogP contribution in [0.2, 0.25) is 0 Å². The Labute approximate surface area is 130 Å². The first-order valence-electron chi connectivity index (χ1n) is 7.85. The van der Waals surface area contributed by atoms with Crippen molar-refractivity contribution in [3.63, 3.8) is 0 Å². The van der Waals surface area contributed by atoms with Crippen molar-refractivity contribution in [1.82, 2.24) is 9.97 Å². The molecule has 1 aliphatic carbocycles. The van der Waals surface area contributed by atoms with E-state index in [9.17, 15) is 5.11 Å². The molecule has 5 heteroatoms. The Bertz CT molecular complexity index is 677. The number of rotatable bonds is 4. The summed E-state index contributed by atoms with van der Waals surface area (Å²) in [4.78, 5) is 9.07. The summed E-state index contributed by atoms with van der Waals surface area (Å²) in [6.45, 7) is 5.88. The van der Waals surface area contributed by atoms with Crippen molar-refractivity contribution >= 4 is 5.82 Å². The van der Waals surface area contributed by atoms with E-state index < -0.39 is 5.60 Å². The van der Waals surface area contributed by atoms with Crippen molar-refractivity contribution in [1.29, 1.82) is 0 Å². The van der Waals surface area contributed by atoms with E-state index in [1.54, 1.807) is 6.92 Å². The zero-order valence-electron chi connectivity index (χ0n) is 13.4. The van der Waals surface area contributed by atoms with Crippen molar-refractivity contribution in [2.75, 3.05) is 11.9 Å². The van der Waals surface area contributed by atoms with Crippen molar-refractivity contribution in [3.05, 3.63) is 40.7 Å². The molecule has 0 radical (unpaired) electrons. The lowest BCUT2D eigenvalue weighted by Gasteiger charge is -2.24. The van der Waals surface area contributed by atoms with Gasteiger partial charge in [0, 0.05) is 11.3 Å². The van der Waals surface area contributed by atoms with Gasteiger partial charge in [-0.25, -0.2) is 9.97 Å². The molecule has 2 aromatic rings. The highest BCUT2D eigenvalue weighted by atomic mass is 16.4. The number of hydrogen-bond acceptors (Lipinski definition) is 5. The summed E-state index contributed by atoms with van der Waals surface area (Å²) in [7, 11) is 0. The van der Waals surface area contributed by atoms with E-state index >= 15 is 0 Å². The van der Waals surface area contributed by atoms with Crippen molar-refractivity contribution in [2.24, 2.45) is 0 Å². The zero-order chi connectivity index (χ0) is 15.7. The fourth-order valence-electron chi connectivity index (χ4n) is 2.93. The fourth-order valence-corrected chi connectivity index (χ4v) is 2.93. The van der Waals surface area contributed by atoms with Gasteiger partial charge in [0.2, 0.25) is 0 Å². The van der Waals surface area contributed by atoms with Crippen LogP contribution in [-0.4, -0.2) is 21.6 Å². The molecule has 0 spiro atoms. The number of furan rings is 1. The van der Waals surface area contributed by atoms with Crippen LogP contribution in [0.1, 0.15) is 48.4 Å². The smallest absolute Gasteiger partial charge is 0.137 e. The number of fused-ring (bicyclic) bond motifs is 1. The maximum absolute atomic E-state index is 10.6. The topological polar surface area (TPSA) is 71.2 Å². The Hall–Kier alpha value is -1.88. The standard InChI is InChI=1S/C17H23N3O2/c1-11-8-9-15(22-11)17(3,21)10-18-16-13-6-4-5-7-14(13)19-12(2)20-16/h8-9,21H,4-7,10H2,1-3H3,(H,18,19,20). The SMILES string of the molecule is Cc1nc2c(c(NCC(C)(O)c3ccc(C)o3)n1)CCCC2. The predicted octanol–water partition coefficient (Wildman–Crippen LogP) is 2.88. The van der Waals surface area contributed by atoms with Gasteiger partial charge in [-0.15, -0.1) is 0 Å². The quantitative estimate of drug-likeness (QED) is 0.908. The van der Waals surface area contributed by atoms with E-state index in [4.69, 9.17) is 4.42 Å². The summed E-state index contributed by atoms with van der Waals surface area (Å²) in [6, 6.07) is 3.68. The fraction of sp³-hybridized carbons (Fsp3) is 0.529. The molecular formula is C17H23N3O2. The molecular weight excluding hydrogens is 278 g/mol. The van der Waals surface area contributed by atoms with E-state index in [-0.39, 0.29) is 0 Å². The van der Waals surface area contributed by atoms with Gasteiger partial charge >= 0.3 is 0 Å². The van der Waals surface area contributed by atoms with E-state index in [1.165, 1.54) is 18.4 Å². The second-order valence-corrected chi connectivity index (χ2v) is 6.29. The minimum atomic E-state index is -1.07. The van der Waals surface area contributed by atoms with Gasteiger partial charge < -0.3 is 14.8 Å². The lowest BCUT2D eigenvalue weighted by Crippen LogP contribution is -2.31.